The molecule has 23 heavy (non-hydrogen) atoms. The maximum absolute atomic E-state index is 5.98. The summed E-state index contributed by atoms with van der Waals surface area (Å²) in [7, 11) is 1.60. The summed E-state index contributed by atoms with van der Waals surface area (Å²) in [5.41, 5.74) is 9.58. The van der Waals surface area contributed by atoms with Crippen LogP contribution in [-0.2, 0) is 6.61 Å². The lowest BCUT2D eigenvalue weighted by Gasteiger charge is -2.13. The van der Waals surface area contributed by atoms with Crippen molar-refractivity contribution in [2.24, 2.45) is 0 Å². The van der Waals surface area contributed by atoms with Crippen LogP contribution in [0.4, 0.5) is 5.69 Å². The number of methoxy groups -OCH3 is 1. The molecule has 1 heterocycles. The molecule has 0 aliphatic rings. The van der Waals surface area contributed by atoms with Crippen LogP contribution in [0.2, 0.25) is 0 Å². The molecule has 0 radical (unpaired) electrons. The second-order valence-corrected chi connectivity index (χ2v) is 5.12. The highest BCUT2D eigenvalue weighted by atomic mass is 16.5. The molecule has 2 N–H and O–H groups in total. The number of benzene rings is 2. The Balaban J connectivity index is 1.87. The molecule has 116 valence electrons. The zero-order chi connectivity index (χ0) is 16.1. The zero-order valence-electron chi connectivity index (χ0n) is 12.9. The minimum absolute atomic E-state index is 0.487. The van der Waals surface area contributed by atoms with E-state index in [1.54, 1.807) is 13.3 Å². The summed E-state index contributed by atoms with van der Waals surface area (Å²) in [5, 5.41) is 0. The number of nitrogens with zero attached hydrogens (tertiary/aromatic N) is 1. The van der Waals surface area contributed by atoms with Crippen molar-refractivity contribution in [1.29, 1.82) is 0 Å². The van der Waals surface area contributed by atoms with Crippen LogP contribution in [0.1, 0.15) is 5.56 Å². The van der Waals surface area contributed by atoms with E-state index >= 15 is 0 Å². The third kappa shape index (κ3) is 3.61. The van der Waals surface area contributed by atoms with Gasteiger partial charge in [-0.25, -0.2) is 4.98 Å². The molecule has 0 unspecified atom stereocenters. The number of ether oxygens (including phenoxy) is 2. The monoisotopic (exact) mass is 306 g/mol. The summed E-state index contributed by atoms with van der Waals surface area (Å²) >= 11 is 0. The first kappa shape index (κ1) is 14.9. The largest absolute Gasteiger partial charge is 0.488 e. The highest BCUT2D eigenvalue weighted by Crippen LogP contribution is 2.32. The van der Waals surface area contributed by atoms with Gasteiger partial charge in [-0.3, -0.25) is 0 Å². The average molecular weight is 306 g/mol. The first-order chi connectivity index (χ1) is 11.3. The molecule has 2 aromatic carbocycles. The first-order valence-electron chi connectivity index (χ1n) is 7.33. The number of aromatic nitrogens is 1. The van der Waals surface area contributed by atoms with E-state index in [9.17, 15) is 0 Å². The van der Waals surface area contributed by atoms with Crippen molar-refractivity contribution in [2.75, 3.05) is 12.8 Å². The fourth-order valence-corrected chi connectivity index (χ4v) is 2.29. The van der Waals surface area contributed by atoms with E-state index in [0.29, 0.717) is 18.2 Å². The fourth-order valence-electron chi connectivity index (χ4n) is 2.29. The van der Waals surface area contributed by atoms with Crippen molar-refractivity contribution in [3.8, 4) is 22.8 Å². The van der Waals surface area contributed by atoms with Gasteiger partial charge in [-0.15, -0.1) is 0 Å². The summed E-state index contributed by atoms with van der Waals surface area (Å²) in [6, 6.07) is 19.4. The molecule has 0 saturated carbocycles. The van der Waals surface area contributed by atoms with Gasteiger partial charge < -0.3 is 15.2 Å². The van der Waals surface area contributed by atoms with Crippen LogP contribution in [0, 0.1) is 0 Å². The molecule has 0 fully saturated rings. The highest BCUT2D eigenvalue weighted by molar-refractivity contribution is 5.72. The normalized spacial score (nSPS) is 10.3. The van der Waals surface area contributed by atoms with E-state index < -0.39 is 0 Å². The fraction of sp³-hybridized carbons (Fsp3) is 0.105. The van der Waals surface area contributed by atoms with Gasteiger partial charge >= 0.3 is 0 Å². The quantitative estimate of drug-likeness (QED) is 0.726. The van der Waals surface area contributed by atoms with Gasteiger partial charge in [0.25, 0.3) is 0 Å². The predicted octanol–water partition coefficient (Wildman–Crippen LogP) is 3.92. The van der Waals surface area contributed by atoms with Gasteiger partial charge in [-0.2, -0.15) is 0 Å². The highest BCUT2D eigenvalue weighted by Gasteiger charge is 2.08. The minimum Gasteiger partial charge on any atom is -0.488 e. The van der Waals surface area contributed by atoms with E-state index in [1.807, 2.05) is 60.7 Å². The molecular formula is C19H18N2O2. The van der Waals surface area contributed by atoms with Crippen molar-refractivity contribution in [3.05, 3.63) is 72.4 Å². The van der Waals surface area contributed by atoms with Crippen LogP contribution < -0.4 is 15.2 Å². The lowest BCUT2D eigenvalue weighted by Crippen LogP contribution is -1.98. The molecular weight excluding hydrogens is 288 g/mol. The number of nitrogen functional groups attached to an aromatic ring is 1. The van der Waals surface area contributed by atoms with E-state index in [4.69, 9.17) is 15.2 Å². The van der Waals surface area contributed by atoms with Crippen LogP contribution in [0.3, 0.4) is 0 Å². The molecule has 3 aromatic rings. The van der Waals surface area contributed by atoms with Crippen molar-refractivity contribution in [1.82, 2.24) is 4.98 Å². The maximum Gasteiger partial charge on any atom is 0.212 e. The third-order valence-electron chi connectivity index (χ3n) is 3.50. The van der Waals surface area contributed by atoms with Crippen LogP contribution in [-0.4, -0.2) is 12.1 Å². The topological polar surface area (TPSA) is 57.4 Å². The molecule has 0 bridgehead atoms. The average Bonchev–Trinajstić information content (AvgIpc) is 2.61. The molecule has 1 aromatic heterocycles. The number of pyridine rings is 1. The Morgan fingerprint density at radius 2 is 1.83 bits per heavy atom. The van der Waals surface area contributed by atoms with Crippen molar-refractivity contribution in [2.45, 2.75) is 6.61 Å². The van der Waals surface area contributed by atoms with E-state index in [2.05, 4.69) is 4.98 Å². The molecule has 0 saturated heterocycles. The summed E-state index contributed by atoms with van der Waals surface area (Å²) < 4.78 is 11.1. The number of hydrogen-bond acceptors (Lipinski definition) is 4. The second-order valence-electron chi connectivity index (χ2n) is 5.12. The van der Waals surface area contributed by atoms with Crippen LogP contribution in [0.5, 0.6) is 11.6 Å². The predicted molar refractivity (Wildman–Crippen MR) is 91.4 cm³/mol. The van der Waals surface area contributed by atoms with Crippen molar-refractivity contribution >= 4 is 5.69 Å². The molecule has 0 atom stereocenters. The summed E-state index contributed by atoms with van der Waals surface area (Å²) in [5.74, 6) is 1.32. The maximum atomic E-state index is 5.98. The molecule has 4 nitrogen and oxygen atoms in total. The molecule has 3 rings (SSSR count). The van der Waals surface area contributed by atoms with E-state index in [0.717, 1.165) is 22.4 Å². The second kappa shape index (κ2) is 6.83. The Morgan fingerprint density at radius 1 is 1.00 bits per heavy atom. The number of nitrogens with two attached hydrogens (primary N) is 1. The molecule has 0 aliphatic carbocycles. The Hall–Kier alpha value is -3.01. The Bertz CT molecular complexity index is 771. The van der Waals surface area contributed by atoms with E-state index in [1.165, 1.54) is 0 Å². The summed E-state index contributed by atoms with van der Waals surface area (Å²) in [4.78, 5) is 4.25. The zero-order valence-corrected chi connectivity index (χ0v) is 12.9. The van der Waals surface area contributed by atoms with Crippen LogP contribution in [0.15, 0.2) is 66.9 Å². The Labute approximate surface area is 135 Å². The molecule has 0 amide bonds. The minimum atomic E-state index is 0.487. The van der Waals surface area contributed by atoms with Crippen LogP contribution >= 0.6 is 0 Å². The van der Waals surface area contributed by atoms with Crippen molar-refractivity contribution < 1.29 is 9.47 Å². The van der Waals surface area contributed by atoms with Gasteiger partial charge in [0.2, 0.25) is 5.88 Å². The number of rotatable bonds is 5. The summed E-state index contributed by atoms with van der Waals surface area (Å²) in [6.45, 7) is 0.487. The van der Waals surface area contributed by atoms with Gasteiger partial charge in [0, 0.05) is 35.1 Å². The van der Waals surface area contributed by atoms with Gasteiger partial charge in [-0.1, -0.05) is 30.3 Å². The van der Waals surface area contributed by atoms with E-state index in [-0.39, 0.29) is 0 Å². The van der Waals surface area contributed by atoms with Gasteiger partial charge in [0.05, 0.1) is 7.11 Å². The van der Waals surface area contributed by atoms with Crippen LogP contribution in [0.25, 0.3) is 11.1 Å². The Kier molecular flexibility index (Phi) is 4.43. The van der Waals surface area contributed by atoms with Crippen molar-refractivity contribution in [3.63, 3.8) is 0 Å². The molecule has 4 heteroatoms. The standard InChI is InChI=1S/C19H18N2O2/c1-22-19-10-7-15(12-21-19)17-9-8-16(20)11-18(17)23-13-14-5-3-2-4-6-14/h2-12H,13,20H2,1H3. The lowest BCUT2D eigenvalue weighted by atomic mass is 10.1. The van der Waals surface area contributed by atoms with Gasteiger partial charge in [-0.05, 0) is 23.8 Å². The molecule has 0 spiro atoms. The number of hydrogen-bond donors (Lipinski definition) is 1. The van der Waals surface area contributed by atoms with Gasteiger partial charge in [0.15, 0.2) is 0 Å². The first-order valence-corrected chi connectivity index (χ1v) is 7.33. The van der Waals surface area contributed by atoms with Gasteiger partial charge in [0.1, 0.15) is 12.4 Å². The summed E-state index contributed by atoms with van der Waals surface area (Å²) in [6.07, 6.45) is 1.76. The third-order valence-corrected chi connectivity index (χ3v) is 3.50. The number of anilines is 1. The lowest BCUT2D eigenvalue weighted by molar-refractivity contribution is 0.307. The SMILES string of the molecule is COc1ccc(-c2ccc(N)cc2OCc2ccccc2)cn1. The Morgan fingerprint density at radius 3 is 2.52 bits per heavy atom. The molecule has 0 aliphatic heterocycles. The smallest absolute Gasteiger partial charge is 0.212 e.